The number of hydrogen-bond acceptors (Lipinski definition) is 2. The van der Waals surface area contributed by atoms with Gasteiger partial charge in [-0.15, -0.1) is 0 Å². The lowest BCUT2D eigenvalue weighted by molar-refractivity contribution is 0.00713. The summed E-state index contributed by atoms with van der Waals surface area (Å²) in [6.07, 6.45) is 6.27. The van der Waals surface area contributed by atoms with E-state index >= 15 is 0 Å². The first kappa shape index (κ1) is 13.4. The van der Waals surface area contributed by atoms with Gasteiger partial charge in [0.05, 0.1) is 0 Å². The molecule has 4 heteroatoms. The van der Waals surface area contributed by atoms with E-state index < -0.39 is 0 Å². The predicted octanol–water partition coefficient (Wildman–Crippen LogP) is 3.98. The number of halogens is 2. The van der Waals surface area contributed by atoms with Gasteiger partial charge >= 0.3 is 0 Å². The van der Waals surface area contributed by atoms with E-state index in [1.807, 2.05) is 6.07 Å². The number of ether oxygens (including phenoxy) is 1. The van der Waals surface area contributed by atoms with Gasteiger partial charge in [0.1, 0.15) is 6.10 Å². The SMILES string of the molecule is Fc1cc(Br)ccc1OC1CC(N2CCCCC2)C1. The van der Waals surface area contributed by atoms with Crippen molar-refractivity contribution in [3.8, 4) is 5.75 Å². The molecule has 1 saturated heterocycles. The van der Waals surface area contributed by atoms with Crippen molar-refractivity contribution < 1.29 is 9.13 Å². The normalized spacial score (nSPS) is 27.9. The predicted molar refractivity (Wildman–Crippen MR) is 77.0 cm³/mol. The molecule has 1 saturated carbocycles. The zero-order valence-corrected chi connectivity index (χ0v) is 12.5. The molecule has 1 aliphatic carbocycles. The van der Waals surface area contributed by atoms with Gasteiger partial charge in [-0.05, 0) is 44.1 Å². The van der Waals surface area contributed by atoms with E-state index in [9.17, 15) is 4.39 Å². The van der Waals surface area contributed by atoms with Crippen LogP contribution in [0.2, 0.25) is 0 Å². The molecule has 0 N–H and O–H groups in total. The summed E-state index contributed by atoms with van der Waals surface area (Å²) in [4.78, 5) is 2.57. The molecule has 1 heterocycles. The van der Waals surface area contributed by atoms with E-state index in [0.717, 1.165) is 17.3 Å². The van der Waals surface area contributed by atoms with Gasteiger partial charge in [0.15, 0.2) is 11.6 Å². The zero-order chi connectivity index (χ0) is 13.2. The lowest BCUT2D eigenvalue weighted by Crippen LogP contribution is -2.50. The molecule has 104 valence electrons. The molecule has 1 aromatic rings. The molecule has 1 aliphatic heterocycles. The summed E-state index contributed by atoms with van der Waals surface area (Å²) < 4.78 is 20.1. The Morgan fingerprint density at radius 2 is 1.89 bits per heavy atom. The van der Waals surface area contributed by atoms with E-state index in [1.54, 1.807) is 6.07 Å². The summed E-state index contributed by atoms with van der Waals surface area (Å²) in [5.74, 6) is 0.0982. The van der Waals surface area contributed by atoms with Gasteiger partial charge in [-0.25, -0.2) is 4.39 Å². The minimum atomic E-state index is -0.282. The monoisotopic (exact) mass is 327 g/mol. The Morgan fingerprint density at radius 1 is 1.16 bits per heavy atom. The van der Waals surface area contributed by atoms with Crippen LogP contribution < -0.4 is 4.74 Å². The molecular weight excluding hydrogens is 309 g/mol. The maximum absolute atomic E-state index is 13.7. The molecule has 0 spiro atoms. The zero-order valence-electron chi connectivity index (χ0n) is 10.9. The first-order valence-electron chi connectivity index (χ1n) is 7.08. The van der Waals surface area contributed by atoms with Gasteiger partial charge in [0.25, 0.3) is 0 Å². The van der Waals surface area contributed by atoms with Crippen LogP contribution in [0.5, 0.6) is 5.75 Å². The van der Waals surface area contributed by atoms with Crippen LogP contribution in [-0.2, 0) is 0 Å². The van der Waals surface area contributed by atoms with Crippen LogP contribution in [-0.4, -0.2) is 30.1 Å². The van der Waals surface area contributed by atoms with E-state index in [2.05, 4.69) is 20.8 Å². The van der Waals surface area contributed by atoms with Crippen molar-refractivity contribution in [2.75, 3.05) is 13.1 Å². The third-order valence-electron chi connectivity index (χ3n) is 4.16. The summed E-state index contributed by atoms with van der Waals surface area (Å²) >= 11 is 3.25. The molecule has 0 atom stereocenters. The van der Waals surface area contributed by atoms with Crippen LogP contribution in [0, 0.1) is 5.82 Å². The quantitative estimate of drug-likeness (QED) is 0.832. The van der Waals surface area contributed by atoms with E-state index in [1.165, 1.54) is 38.4 Å². The molecule has 0 unspecified atom stereocenters. The Labute approximate surface area is 122 Å². The number of benzene rings is 1. The highest BCUT2D eigenvalue weighted by molar-refractivity contribution is 9.10. The van der Waals surface area contributed by atoms with Crippen LogP contribution in [0.4, 0.5) is 4.39 Å². The molecule has 19 heavy (non-hydrogen) atoms. The van der Waals surface area contributed by atoms with Gasteiger partial charge in [-0.2, -0.15) is 0 Å². The topological polar surface area (TPSA) is 12.5 Å². The Bertz CT molecular complexity index is 442. The number of nitrogens with zero attached hydrogens (tertiary/aromatic N) is 1. The third-order valence-corrected chi connectivity index (χ3v) is 4.66. The molecule has 0 amide bonds. The standard InChI is InChI=1S/C15H19BrFNO/c16-11-4-5-15(14(17)8-11)19-13-9-12(10-13)18-6-2-1-3-7-18/h4-5,8,12-13H,1-3,6-7,9-10H2. The molecular formula is C15H19BrFNO. The highest BCUT2D eigenvalue weighted by Gasteiger charge is 2.35. The van der Waals surface area contributed by atoms with Gasteiger partial charge in [0, 0.05) is 23.4 Å². The fourth-order valence-electron chi connectivity index (χ4n) is 2.97. The average Bonchev–Trinajstić information content (AvgIpc) is 2.36. The molecule has 1 aromatic carbocycles. The number of likely N-dealkylation sites (tertiary alicyclic amines) is 1. The smallest absolute Gasteiger partial charge is 0.166 e. The maximum atomic E-state index is 13.7. The Balaban J connectivity index is 1.50. The number of piperidine rings is 1. The van der Waals surface area contributed by atoms with Crippen LogP contribution in [0.15, 0.2) is 22.7 Å². The third kappa shape index (κ3) is 3.11. The number of hydrogen-bond donors (Lipinski definition) is 0. The molecule has 0 aromatic heterocycles. The summed E-state index contributed by atoms with van der Waals surface area (Å²) in [6, 6.07) is 5.63. The molecule has 0 bridgehead atoms. The highest BCUT2D eigenvalue weighted by atomic mass is 79.9. The van der Waals surface area contributed by atoms with Gasteiger partial charge < -0.3 is 9.64 Å². The van der Waals surface area contributed by atoms with Crippen LogP contribution in [0.1, 0.15) is 32.1 Å². The van der Waals surface area contributed by atoms with Crippen molar-refractivity contribution in [2.45, 2.75) is 44.2 Å². The Morgan fingerprint density at radius 3 is 2.58 bits per heavy atom. The van der Waals surface area contributed by atoms with Crippen molar-refractivity contribution in [3.05, 3.63) is 28.5 Å². The molecule has 2 nitrogen and oxygen atoms in total. The van der Waals surface area contributed by atoms with Crippen LogP contribution in [0.25, 0.3) is 0 Å². The minimum Gasteiger partial charge on any atom is -0.487 e. The lowest BCUT2D eigenvalue weighted by Gasteiger charge is -2.44. The highest BCUT2D eigenvalue weighted by Crippen LogP contribution is 2.32. The average molecular weight is 328 g/mol. The molecule has 2 fully saturated rings. The van der Waals surface area contributed by atoms with Gasteiger partial charge in [0.2, 0.25) is 0 Å². The molecule has 3 rings (SSSR count). The fraction of sp³-hybridized carbons (Fsp3) is 0.600. The van der Waals surface area contributed by atoms with E-state index in [4.69, 9.17) is 4.74 Å². The van der Waals surface area contributed by atoms with Gasteiger partial charge in [-0.3, -0.25) is 0 Å². The lowest BCUT2D eigenvalue weighted by atomic mass is 9.86. The maximum Gasteiger partial charge on any atom is 0.166 e. The Hall–Kier alpha value is -0.610. The summed E-state index contributed by atoms with van der Waals surface area (Å²) in [5.41, 5.74) is 0. The minimum absolute atomic E-state index is 0.183. The first-order chi connectivity index (χ1) is 9.22. The van der Waals surface area contributed by atoms with Crippen LogP contribution >= 0.6 is 15.9 Å². The summed E-state index contributed by atoms with van der Waals surface area (Å²) in [5, 5.41) is 0. The van der Waals surface area contributed by atoms with Crippen molar-refractivity contribution in [2.24, 2.45) is 0 Å². The van der Waals surface area contributed by atoms with Crippen molar-refractivity contribution in [1.82, 2.24) is 4.90 Å². The van der Waals surface area contributed by atoms with E-state index in [0.29, 0.717) is 11.8 Å². The summed E-state index contributed by atoms with van der Waals surface area (Å²) in [6.45, 7) is 2.45. The Kier molecular flexibility index (Phi) is 4.08. The summed E-state index contributed by atoms with van der Waals surface area (Å²) in [7, 11) is 0. The molecule has 2 aliphatic rings. The van der Waals surface area contributed by atoms with Crippen molar-refractivity contribution >= 4 is 15.9 Å². The van der Waals surface area contributed by atoms with Gasteiger partial charge in [-0.1, -0.05) is 22.4 Å². The van der Waals surface area contributed by atoms with E-state index in [-0.39, 0.29) is 11.9 Å². The largest absolute Gasteiger partial charge is 0.487 e. The molecule has 0 radical (unpaired) electrons. The van der Waals surface area contributed by atoms with Crippen molar-refractivity contribution in [3.63, 3.8) is 0 Å². The fourth-order valence-corrected chi connectivity index (χ4v) is 3.30. The first-order valence-corrected chi connectivity index (χ1v) is 7.87. The second-order valence-electron chi connectivity index (χ2n) is 5.54. The van der Waals surface area contributed by atoms with Crippen molar-refractivity contribution in [1.29, 1.82) is 0 Å². The second kappa shape index (κ2) is 5.80. The second-order valence-corrected chi connectivity index (χ2v) is 6.45. The van der Waals surface area contributed by atoms with Crippen LogP contribution in [0.3, 0.4) is 0 Å². The number of rotatable bonds is 3.